The van der Waals surface area contributed by atoms with Crippen molar-refractivity contribution in [1.82, 2.24) is 25.1 Å². The summed E-state index contributed by atoms with van der Waals surface area (Å²) in [6.07, 6.45) is 2.37. The van der Waals surface area contributed by atoms with Crippen LogP contribution < -0.4 is 11.1 Å². The lowest BCUT2D eigenvalue weighted by Crippen LogP contribution is -2.08. The van der Waals surface area contributed by atoms with Crippen LogP contribution in [0, 0.1) is 0 Å². The zero-order chi connectivity index (χ0) is 19.1. The smallest absolute Gasteiger partial charge is 0.232 e. The SMILES string of the molecule is CCCCSc1nnc(SC(C)c2nc(N)nc(Nc3ccccc3)n2)s1. The fourth-order valence-electron chi connectivity index (χ4n) is 2.11. The molecule has 10 heteroatoms. The molecule has 7 nitrogen and oxygen atoms in total. The highest BCUT2D eigenvalue weighted by molar-refractivity contribution is 8.03. The number of hydrogen-bond acceptors (Lipinski definition) is 10. The van der Waals surface area contributed by atoms with Crippen LogP contribution in [0.1, 0.15) is 37.8 Å². The highest BCUT2D eigenvalue weighted by atomic mass is 32.2. The van der Waals surface area contributed by atoms with E-state index in [2.05, 4.69) is 37.4 Å². The minimum atomic E-state index is -0.0203. The molecule has 142 valence electrons. The first-order chi connectivity index (χ1) is 13.1. The van der Waals surface area contributed by atoms with E-state index in [4.69, 9.17) is 5.73 Å². The summed E-state index contributed by atoms with van der Waals surface area (Å²) in [5.74, 6) is 2.31. The summed E-state index contributed by atoms with van der Waals surface area (Å²) >= 11 is 4.93. The van der Waals surface area contributed by atoms with Crippen molar-refractivity contribution < 1.29 is 0 Å². The summed E-state index contributed by atoms with van der Waals surface area (Å²) in [5, 5.41) is 11.6. The van der Waals surface area contributed by atoms with Crippen molar-refractivity contribution in [2.75, 3.05) is 16.8 Å². The van der Waals surface area contributed by atoms with E-state index in [0.29, 0.717) is 11.8 Å². The number of nitrogen functional groups attached to an aromatic ring is 1. The lowest BCUT2D eigenvalue weighted by molar-refractivity contribution is 0.887. The molecule has 0 saturated heterocycles. The van der Waals surface area contributed by atoms with Crippen molar-refractivity contribution in [2.24, 2.45) is 0 Å². The first kappa shape index (κ1) is 19.8. The number of thioether (sulfide) groups is 2. The molecular weight excluding hydrogens is 398 g/mol. The highest BCUT2D eigenvalue weighted by Gasteiger charge is 2.16. The maximum Gasteiger partial charge on any atom is 0.232 e. The van der Waals surface area contributed by atoms with Crippen LogP contribution in [0.2, 0.25) is 0 Å². The molecule has 1 aromatic carbocycles. The number of nitrogens with one attached hydrogen (secondary N) is 1. The van der Waals surface area contributed by atoms with Gasteiger partial charge in [-0.15, -0.1) is 10.2 Å². The number of unbranched alkanes of at least 4 members (excludes halogenated alkanes) is 1. The molecule has 0 saturated carbocycles. The summed E-state index contributed by atoms with van der Waals surface area (Å²) in [6.45, 7) is 4.21. The third kappa shape index (κ3) is 6.05. The van der Waals surface area contributed by atoms with Gasteiger partial charge in [0.05, 0.1) is 5.25 Å². The topological polar surface area (TPSA) is 102 Å². The van der Waals surface area contributed by atoms with Crippen LogP contribution in [0.5, 0.6) is 0 Å². The molecule has 1 atom stereocenters. The number of aromatic nitrogens is 5. The Kier molecular flexibility index (Phi) is 7.25. The Morgan fingerprint density at radius 2 is 1.89 bits per heavy atom. The van der Waals surface area contributed by atoms with Crippen LogP contribution in [0.25, 0.3) is 0 Å². The van der Waals surface area contributed by atoms with Crippen LogP contribution in [0.4, 0.5) is 17.6 Å². The molecule has 0 radical (unpaired) electrons. The van der Waals surface area contributed by atoms with Gasteiger partial charge in [0.1, 0.15) is 5.82 Å². The van der Waals surface area contributed by atoms with Crippen LogP contribution >= 0.6 is 34.9 Å². The van der Waals surface area contributed by atoms with E-state index in [1.54, 1.807) is 34.9 Å². The summed E-state index contributed by atoms with van der Waals surface area (Å²) in [6, 6.07) is 9.72. The number of anilines is 3. The van der Waals surface area contributed by atoms with Gasteiger partial charge in [0.15, 0.2) is 8.68 Å². The van der Waals surface area contributed by atoms with E-state index in [0.717, 1.165) is 20.1 Å². The van der Waals surface area contributed by atoms with Gasteiger partial charge in [-0.2, -0.15) is 15.0 Å². The standard InChI is InChI=1S/C17H21N7S3/c1-3-4-10-25-16-23-24-17(27-16)26-11(2)13-20-14(18)22-15(21-13)19-12-8-6-5-7-9-12/h5-9,11H,3-4,10H2,1-2H3,(H3,18,19,20,21,22). The molecule has 27 heavy (non-hydrogen) atoms. The minimum absolute atomic E-state index is 0.0203. The number of para-hydroxylation sites is 1. The van der Waals surface area contributed by atoms with Crippen molar-refractivity contribution in [2.45, 2.75) is 40.6 Å². The van der Waals surface area contributed by atoms with E-state index >= 15 is 0 Å². The Hall–Kier alpha value is -1.91. The van der Waals surface area contributed by atoms with Gasteiger partial charge in [-0.1, -0.05) is 66.4 Å². The number of hydrogen-bond donors (Lipinski definition) is 2. The predicted molar refractivity (Wildman–Crippen MR) is 114 cm³/mol. The van der Waals surface area contributed by atoms with Gasteiger partial charge in [0.2, 0.25) is 11.9 Å². The van der Waals surface area contributed by atoms with Crippen molar-refractivity contribution in [3.05, 3.63) is 36.2 Å². The number of nitrogens with zero attached hydrogens (tertiary/aromatic N) is 5. The fourth-order valence-corrected chi connectivity index (χ4v) is 5.47. The molecular formula is C17H21N7S3. The van der Waals surface area contributed by atoms with Crippen LogP contribution in [0.15, 0.2) is 39.0 Å². The number of nitrogens with two attached hydrogens (primary N) is 1. The number of rotatable bonds is 9. The van der Waals surface area contributed by atoms with Gasteiger partial charge in [-0.3, -0.25) is 0 Å². The molecule has 1 unspecified atom stereocenters. The third-order valence-corrected chi connectivity index (χ3v) is 6.78. The molecule has 3 rings (SSSR count). The zero-order valence-corrected chi connectivity index (χ0v) is 17.6. The Labute approximate surface area is 171 Å². The second-order valence-electron chi connectivity index (χ2n) is 5.66. The van der Waals surface area contributed by atoms with E-state index in [1.807, 2.05) is 37.3 Å². The molecule has 3 aromatic rings. The van der Waals surface area contributed by atoms with E-state index < -0.39 is 0 Å². The molecule has 0 aliphatic rings. The maximum absolute atomic E-state index is 5.88. The average Bonchev–Trinajstić information content (AvgIpc) is 3.09. The quantitative estimate of drug-likeness (QED) is 0.374. The molecule has 0 fully saturated rings. The lowest BCUT2D eigenvalue weighted by Gasteiger charge is -2.10. The first-order valence-corrected chi connectivity index (χ1v) is 11.3. The molecule has 2 aromatic heterocycles. The van der Waals surface area contributed by atoms with E-state index in [9.17, 15) is 0 Å². The Bertz CT molecular complexity index is 857. The summed E-state index contributed by atoms with van der Waals surface area (Å²) in [7, 11) is 0. The van der Waals surface area contributed by atoms with E-state index in [1.165, 1.54) is 12.8 Å². The second kappa shape index (κ2) is 9.86. The van der Waals surface area contributed by atoms with Gasteiger partial charge >= 0.3 is 0 Å². The lowest BCUT2D eigenvalue weighted by atomic mass is 10.3. The van der Waals surface area contributed by atoms with Gasteiger partial charge < -0.3 is 11.1 Å². The Morgan fingerprint density at radius 1 is 1.11 bits per heavy atom. The van der Waals surface area contributed by atoms with Gasteiger partial charge in [-0.25, -0.2) is 0 Å². The molecule has 0 spiro atoms. The molecule has 3 N–H and O–H groups in total. The molecule has 0 aliphatic carbocycles. The maximum atomic E-state index is 5.88. The van der Waals surface area contributed by atoms with Crippen LogP contribution in [0.3, 0.4) is 0 Å². The molecule has 0 bridgehead atoms. The van der Waals surface area contributed by atoms with E-state index in [-0.39, 0.29) is 11.2 Å². The Morgan fingerprint density at radius 3 is 2.67 bits per heavy atom. The molecule has 0 aliphatic heterocycles. The van der Waals surface area contributed by atoms with Crippen molar-refractivity contribution >= 4 is 52.4 Å². The summed E-state index contributed by atoms with van der Waals surface area (Å²) in [5.41, 5.74) is 6.77. The van der Waals surface area contributed by atoms with Crippen molar-refractivity contribution in [3.8, 4) is 0 Å². The summed E-state index contributed by atoms with van der Waals surface area (Å²) < 4.78 is 1.90. The molecule has 2 heterocycles. The first-order valence-electron chi connectivity index (χ1n) is 8.60. The monoisotopic (exact) mass is 419 g/mol. The van der Waals surface area contributed by atoms with Gasteiger partial charge in [0.25, 0.3) is 0 Å². The third-order valence-electron chi connectivity index (χ3n) is 3.45. The molecule has 0 amide bonds. The van der Waals surface area contributed by atoms with Crippen molar-refractivity contribution in [3.63, 3.8) is 0 Å². The summed E-state index contributed by atoms with van der Waals surface area (Å²) in [4.78, 5) is 13.0. The second-order valence-corrected chi connectivity index (χ2v) is 9.57. The Balaban J connectivity index is 1.66. The van der Waals surface area contributed by atoms with Gasteiger partial charge in [0, 0.05) is 11.4 Å². The van der Waals surface area contributed by atoms with Crippen LogP contribution in [-0.2, 0) is 0 Å². The number of benzene rings is 1. The zero-order valence-electron chi connectivity index (χ0n) is 15.1. The van der Waals surface area contributed by atoms with Crippen LogP contribution in [-0.4, -0.2) is 30.9 Å². The van der Waals surface area contributed by atoms with Crippen molar-refractivity contribution in [1.29, 1.82) is 0 Å². The fraction of sp³-hybridized carbons (Fsp3) is 0.353. The largest absolute Gasteiger partial charge is 0.368 e. The predicted octanol–water partition coefficient (Wildman–Crippen LogP) is 4.79. The minimum Gasteiger partial charge on any atom is -0.368 e. The normalized spacial score (nSPS) is 12.1. The van der Waals surface area contributed by atoms with Gasteiger partial charge in [-0.05, 0) is 25.5 Å². The average molecular weight is 420 g/mol. The highest BCUT2D eigenvalue weighted by Crippen LogP contribution is 2.37.